The molecule has 0 fully saturated rings. The van der Waals surface area contributed by atoms with Crippen LogP contribution in [0.2, 0.25) is 5.02 Å². The second-order valence-corrected chi connectivity index (χ2v) is 7.95. The van der Waals surface area contributed by atoms with Gasteiger partial charge in [-0.05, 0) is 41.6 Å². The third kappa shape index (κ3) is 5.07. The fourth-order valence-electron chi connectivity index (χ4n) is 2.91. The Bertz CT molecular complexity index is 1180. The average Bonchev–Trinajstić information content (AvgIpc) is 3.27. The number of halogens is 1. The Kier molecular flexibility index (Phi) is 6.54. The number of nitrogens with zero attached hydrogens (tertiary/aromatic N) is 2. The lowest BCUT2D eigenvalue weighted by Crippen LogP contribution is -2.19. The standard InChI is InChI=1S/C23H18ClN3O3S/c1-29-17-11-7-10-16(14-17)25-21(28)20(15-8-3-2-4-9-15)31-23-27-26-22(30-23)18-12-5-6-13-19(18)24/h2-14,20H,1H3,(H,25,28). The third-order valence-electron chi connectivity index (χ3n) is 4.41. The molecule has 3 aromatic carbocycles. The molecular formula is C23H18ClN3O3S. The molecule has 0 aliphatic carbocycles. The molecule has 0 radical (unpaired) electrons. The predicted molar refractivity (Wildman–Crippen MR) is 121 cm³/mol. The van der Waals surface area contributed by atoms with Crippen LogP contribution in [0.25, 0.3) is 11.5 Å². The second-order valence-electron chi connectivity index (χ2n) is 6.48. The normalized spacial score (nSPS) is 11.7. The number of amides is 1. The van der Waals surface area contributed by atoms with Gasteiger partial charge < -0.3 is 14.5 Å². The van der Waals surface area contributed by atoms with Gasteiger partial charge >= 0.3 is 0 Å². The lowest BCUT2D eigenvalue weighted by atomic mass is 10.1. The minimum Gasteiger partial charge on any atom is -0.497 e. The number of hydrogen-bond acceptors (Lipinski definition) is 6. The maximum absolute atomic E-state index is 13.2. The van der Waals surface area contributed by atoms with Gasteiger partial charge in [0.05, 0.1) is 17.7 Å². The number of nitrogens with one attached hydrogen (secondary N) is 1. The van der Waals surface area contributed by atoms with Crippen LogP contribution in [0.1, 0.15) is 10.8 Å². The quantitative estimate of drug-likeness (QED) is 0.354. The van der Waals surface area contributed by atoms with Crippen molar-refractivity contribution in [3.8, 4) is 17.2 Å². The molecule has 0 aliphatic rings. The van der Waals surface area contributed by atoms with Gasteiger partial charge in [-0.2, -0.15) is 0 Å². The SMILES string of the molecule is COc1cccc(NC(=O)C(Sc2nnc(-c3ccccc3Cl)o2)c2ccccc2)c1. The summed E-state index contributed by atoms with van der Waals surface area (Å²) in [6.07, 6.45) is 0. The van der Waals surface area contributed by atoms with E-state index in [4.69, 9.17) is 20.8 Å². The number of benzene rings is 3. The van der Waals surface area contributed by atoms with Crippen molar-refractivity contribution in [3.05, 3.63) is 89.4 Å². The summed E-state index contributed by atoms with van der Waals surface area (Å²) in [6, 6.07) is 23.8. The molecule has 31 heavy (non-hydrogen) atoms. The van der Waals surface area contributed by atoms with E-state index in [0.29, 0.717) is 27.9 Å². The van der Waals surface area contributed by atoms with Crippen molar-refractivity contribution in [2.75, 3.05) is 12.4 Å². The highest BCUT2D eigenvalue weighted by Gasteiger charge is 2.25. The van der Waals surface area contributed by atoms with E-state index in [1.165, 1.54) is 11.8 Å². The second kappa shape index (κ2) is 9.68. The van der Waals surface area contributed by atoms with Gasteiger partial charge in [0.25, 0.3) is 5.22 Å². The molecule has 1 heterocycles. The van der Waals surface area contributed by atoms with Gasteiger partial charge in [0, 0.05) is 11.8 Å². The Morgan fingerprint density at radius 1 is 1.03 bits per heavy atom. The Morgan fingerprint density at radius 2 is 1.81 bits per heavy atom. The minimum absolute atomic E-state index is 0.220. The molecule has 8 heteroatoms. The first kappa shape index (κ1) is 21.0. The lowest BCUT2D eigenvalue weighted by Gasteiger charge is -2.15. The van der Waals surface area contributed by atoms with E-state index in [9.17, 15) is 4.79 Å². The molecule has 6 nitrogen and oxygen atoms in total. The van der Waals surface area contributed by atoms with E-state index in [1.54, 1.807) is 31.4 Å². The summed E-state index contributed by atoms with van der Waals surface area (Å²) < 4.78 is 11.0. The maximum atomic E-state index is 13.2. The summed E-state index contributed by atoms with van der Waals surface area (Å²) in [4.78, 5) is 13.2. The lowest BCUT2D eigenvalue weighted by molar-refractivity contribution is -0.115. The highest BCUT2D eigenvalue weighted by Crippen LogP contribution is 2.37. The highest BCUT2D eigenvalue weighted by molar-refractivity contribution is 8.00. The molecule has 1 atom stereocenters. The van der Waals surface area contributed by atoms with Crippen molar-refractivity contribution in [3.63, 3.8) is 0 Å². The monoisotopic (exact) mass is 451 g/mol. The highest BCUT2D eigenvalue weighted by atomic mass is 35.5. The smallest absolute Gasteiger partial charge is 0.277 e. The molecule has 0 bridgehead atoms. The molecule has 0 aliphatic heterocycles. The molecule has 0 spiro atoms. The van der Waals surface area contributed by atoms with Crippen molar-refractivity contribution in [2.24, 2.45) is 0 Å². The largest absolute Gasteiger partial charge is 0.497 e. The van der Waals surface area contributed by atoms with Gasteiger partial charge in [-0.25, -0.2) is 0 Å². The number of ether oxygens (including phenoxy) is 1. The van der Waals surface area contributed by atoms with Crippen LogP contribution in [0, 0.1) is 0 Å². The minimum atomic E-state index is -0.605. The Balaban J connectivity index is 1.59. The fourth-order valence-corrected chi connectivity index (χ4v) is 4.00. The zero-order chi connectivity index (χ0) is 21.6. The maximum Gasteiger partial charge on any atom is 0.277 e. The van der Waals surface area contributed by atoms with Crippen LogP contribution in [0.4, 0.5) is 5.69 Å². The summed E-state index contributed by atoms with van der Waals surface area (Å²) in [7, 11) is 1.58. The van der Waals surface area contributed by atoms with Gasteiger partial charge in [0.1, 0.15) is 11.0 Å². The number of aromatic nitrogens is 2. The number of anilines is 1. The summed E-state index contributed by atoms with van der Waals surface area (Å²) in [5.41, 5.74) is 2.08. The van der Waals surface area contributed by atoms with E-state index in [0.717, 1.165) is 5.56 Å². The van der Waals surface area contributed by atoms with Gasteiger partial charge in [-0.3, -0.25) is 4.79 Å². The first-order valence-electron chi connectivity index (χ1n) is 9.39. The molecule has 1 amide bonds. The van der Waals surface area contributed by atoms with Gasteiger partial charge in [-0.15, -0.1) is 10.2 Å². The Hall–Kier alpha value is -3.29. The first-order valence-corrected chi connectivity index (χ1v) is 10.6. The van der Waals surface area contributed by atoms with Crippen LogP contribution in [-0.4, -0.2) is 23.2 Å². The van der Waals surface area contributed by atoms with E-state index in [1.807, 2.05) is 54.6 Å². The van der Waals surface area contributed by atoms with Crippen LogP contribution in [0.15, 0.2) is 88.5 Å². The van der Waals surface area contributed by atoms with Crippen molar-refractivity contribution in [2.45, 2.75) is 10.5 Å². The number of carbonyl (C=O) groups excluding carboxylic acids is 1. The van der Waals surface area contributed by atoms with Crippen molar-refractivity contribution < 1.29 is 13.9 Å². The van der Waals surface area contributed by atoms with Crippen LogP contribution in [0.3, 0.4) is 0 Å². The molecule has 4 rings (SSSR count). The van der Waals surface area contributed by atoms with Gasteiger partial charge in [0.2, 0.25) is 11.8 Å². The molecule has 0 saturated carbocycles. The van der Waals surface area contributed by atoms with Gasteiger partial charge in [-0.1, -0.05) is 60.1 Å². The molecule has 1 unspecified atom stereocenters. The van der Waals surface area contributed by atoms with Crippen LogP contribution < -0.4 is 10.1 Å². The van der Waals surface area contributed by atoms with Crippen molar-refractivity contribution in [1.29, 1.82) is 0 Å². The van der Waals surface area contributed by atoms with E-state index < -0.39 is 5.25 Å². The van der Waals surface area contributed by atoms with Crippen molar-refractivity contribution in [1.82, 2.24) is 10.2 Å². The molecule has 156 valence electrons. The molecule has 4 aromatic rings. The molecule has 1 aromatic heterocycles. The predicted octanol–water partition coefficient (Wildman–Crippen LogP) is 5.87. The van der Waals surface area contributed by atoms with Gasteiger partial charge in [0.15, 0.2) is 0 Å². The summed E-state index contributed by atoms with van der Waals surface area (Å²) >= 11 is 7.40. The van der Waals surface area contributed by atoms with Crippen molar-refractivity contribution >= 4 is 35.0 Å². The number of hydrogen-bond donors (Lipinski definition) is 1. The number of carbonyl (C=O) groups is 1. The summed E-state index contributed by atoms with van der Waals surface area (Å²) in [6.45, 7) is 0. The fraction of sp³-hybridized carbons (Fsp3) is 0.0870. The Labute approximate surface area is 188 Å². The topological polar surface area (TPSA) is 77.2 Å². The number of methoxy groups -OCH3 is 1. The van der Waals surface area contributed by atoms with Crippen LogP contribution >= 0.6 is 23.4 Å². The Morgan fingerprint density at radius 3 is 2.58 bits per heavy atom. The first-order chi connectivity index (χ1) is 15.1. The summed E-state index contributed by atoms with van der Waals surface area (Å²) in [5.74, 6) is 0.734. The third-order valence-corrected chi connectivity index (χ3v) is 5.83. The molecular weight excluding hydrogens is 434 g/mol. The van der Waals surface area contributed by atoms with E-state index in [-0.39, 0.29) is 11.1 Å². The zero-order valence-corrected chi connectivity index (χ0v) is 18.1. The summed E-state index contributed by atoms with van der Waals surface area (Å²) in [5, 5.41) is 11.3. The van der Waals surface area contributed by atoms with Crippen LogP contribution in [0.5, 0.6) is 5.75 Å². The zero-order valence-electron chi connectivity index (χ0n) is 16.5. The van der Waals surface area contributed by atoms with E-state index in [2.05, 4.69) is 15.5 Å². The number of thioether (sulfide) groups is 1. The molecule has 0 saturated heterocycles. The van der Waals surface area contributed by atoms with E-state index >= 15 is 0 Å². The van der Waals surface area contributed by atoms with Crippen LogP contribution in [-0.2, 0) is 4.79 Å². The molecule has 1 N–H and O–H groups in total. The number of rotatable bonds is 7. The average molecular weight is 452 g/mol.